The summed E-state index contributed by atoms with van der Waals surface area (Å²) in [6.07, 6.45) is 1.38. The molecule has 88 valence electrons. The number of hydrogen-bond acceptors (Lipinski definition) is 2. The Labute approximate surface area is 97.0 Å². The van der Waals surface area contributed by atoms with Crippen LogP contribution in [0.15, 0.2) is 24.3 Å². The largest absolute Gasteiger partial charge is 0.330 e. The molecule has 3 N–H and O–H groups in total. The standard InChI is InChI=1S/C13H20N2O/c1-10(9-14)7-8-13(16)15-12-6-4-3-5-11(12)2/h3-6,10H,7-9,14H2,1-2H3,(H,15,16). The van der Waals surface area contributed by atoms with E-state index in [-0.39, 0.29) is 5.91 Å². The molecule has 0 heterocycles. The smallest absolute Gasteiger partial charge is 0.224 e. The lowest BCUT2D eigenvalue weighted by atomic mass is 10.1. The molecule has 0 aromatic heterocycles. The second kappa shape index (κ2) is 6.28. The maximum absolute atomic E-state index is 11.6. The van der Waals surface area contributed by atoms with Crippen molar-refractivity contribution in [2.45, 2.75) is 26.7 Å². The molecule has 0 saturated carbocycles. The van der Waals surface area contributed by atoms with Gasteiger partial charge in [0, 0.05) is 12.1 Å². The van der Waals surface area contributed by atoms with Crippen LogP contribution in [-0.4, -0.2) is 12.5 Å². The van der Waals surface area contributed by atoms with Crippen molar-refractivity contribution >= 4 is 11.6 Å². The molecule has 1 atom stereocenters. The lowest BCUT2D eigenvalue weighted by Gasteiger charge is -2.10. The fourth-order valence-corrected chi connectivity index (χ4v) is 1.42. The van der Waals surface area contributed by atoms with Crippen LogP contribution in [0.25, 0.3) is 0 Å². The fourth-order valence-electron chi connectivity index (χ4n) is 1.42. The van der Waals surface area contributed by atoms with Gasteiger partial charge in [-0.15, -0.1) is 0 Å². The molecule has 0 saturated heterocycles. The predicted octanol–water partition coefficient (Wildman–Crippen LogP) is 2.31. The molecule has 1 aromatic rings. The summed E-state index contributed by atoms with van der Waals surface area (Å²) in [5.41, 5.74) is 7.49. The Hall–Kier alpha value is -1.35. The number of rotatable bonds is 5. The monoisotopic (exact) mass is 220 g/mol. The molecule has 0 aliphatic rings. The maximum atomic E-state index is 11.6. The van der Waals surface area contributed by atoms with E-state index in [0.717, 1.165) is 17.7 Å². The number of carbonyl (C=O) groups excluding carboxylic acids is 1. The number of carbonyl (C=O) groups is 1. The number of para-hydroxylation sites is 1. The van der Waals surface area contributed by atoms with Gasteiger partial charge in [0.1, 0.15) is 0 Å². The molecule has 0 spiro atoms. The van der Waals surface area contributed by atoms with Crippen molar-refractivity contribution in [3.63, 3.8) is 0 Å². The van der Waals surface area contributed by atoms with E-state index >= 15 is 0 Å². The lowest BCUT2D eigenvalue weighted by Crippen LogP contribution is -2.16. The normalized spacial score (nSPS) is 12.2. The highest BCUT2D eigenvalue weighted by Crippen LogP contribution is 2.14. The first-order valence-corrected chi connectivity index (χ1v) is 5.69. The predicted molar refractivity (Wildman–Crippen MR) is 67.3 cm³/mol. The summed E-state index contributed by atoms with van der Waals surface area (Å²) in [7, 11) is 0. The van der Waals surface area contributed by atoms with Crippen LogP contribution >= 0.6 is 0 Å². The molecular formula is C13H20N2O. The molecule has 0 fully saturated rings. The van der Waals surface area contributed by atoms with Crippen LogP contribution in [-0.2, 0) is 4.79 Å². The van der Waals surface area contributed by atoms with Gasteiger partial charge in [-0.05, 0) is 37.4 Å². The van der Waals surface area contributed by atoms with Gasteiger partial charge in [-0.3, -0.25) is 4.79 Å². The second-order valence-corrected chi connectivity index (χ2v) is 4.24. The summed E-state index contributed by atoms with van der Waals surface area (Å²) < 4.78 is 0. The van der Waals surface area contributed by atoms with Crippen LogP contribution in [0.1, 0.15) is 25.3 Å². The Kier molecular flexibility index (Phi) is 4.99. The summed E-state index contributed by atoms with van der Waals surface area (Å²) in [6, 6.07) is 7.78. The molecule has 0 aliphatic heterocycles. The van der Waals surface area contributed by atoms with Gasteiger partial charge >= 0.3 is 0 Å². The quantitative estimate of drug-likeness (QED) is 0.800. The number of nitrogens with two attached hydrogens (primary N) is 1. The van der Waals surface area contributed by atoms with Crippen molar-refractivity contribution in [1.29, 1.82) is 0 Å². The number of benzene rings is 1. The van der Waals surface area contributed by atoms with Gasteiger partial charge in [-0.2, -0.15) is 0 Å². The topological polar surface area (TPSA) is 55.1 Å². The van der Waals surface area contributed by atoms with Crippen molar-refractivity contribution in [3.05, 3.63) is 29.8 Å². The van der Waals surface area contributed by atoms with Gasteiger partial charge in [0.15, 0.2) is 0 Å². The van der Waals surface area contributed by atoms with Gasteiger partial charge < -0.3 is 11.1 Å². The van der Waals surface area contributed by atoms with Crippen LogP contribution < -0.4 is 11.1 Å². The fraction of sp³-hybridized carbons (Fsp3) is 0.462. The van der Waals surface area contributed by atoms with E-state index in [1.165, 1.54) is 0 Å². The lowest BCUT2D eigenvalue weighted by molar-refractivity contribution is -0.116. The first kappa shape index (κ1) is 12.7. The third-order valence-corrected chi connectivity index (χ3v) is 2.69. The van der Waals surface area contributed by atoms with Crippen LogP contribution in [0.5, 0.6) is 0 Å². The number of amides is 1. The van der Waals surface area contributed by atoms with Gasteiger partial charge in [0.25, 0.3) is 0 Å². The Bertz CT molecular complexity index is 350. The maximum Gasteiger partial charge on any atom is 0.224 e. The third kappa shape index (κ3) is 4.03. The molecule has 3 heteroatoms. The van der Waals surface area contributed by atoms with Gasteiger partial charge in [-0.1, -0.05) is 25.1 Å². The Balaban J connectivity index is 2.43. The summed E-state index contributed by atoms with van der Waals surface area (Å²) in [5.74, 6) is 0.470. The van der Waals surface area contributed by atoms with Crippen LogP contribution in [0.4, 0.5) is 5.69 Å². The molecule has 16 heavy (non-hydrogen) atoms. The van der Waals surface area contributed by atoms with E-state index in [4.69, 9.17) is 5.73 Å². The van der Waals surface area contributed by atoms with Crippen LogP contribution in [0, 0.1) is 12.8 Å². The molecule has 1 rings (SSSR count). The average molecular weight is 220 g/mol. The van der Waals surface area contributed by atoms with Gasteiger partial charge in [-0.25, -0.2) is 0 Å². The van der Waals surface area contributed by atoms with Crippen molar-refractivity contribution in [3.8, 4) is 0 Å². The van der Waals surface area contributed by atoms with E-state index < -0.39 is 0 Å². The summed E-state index contributed by atoms with van der Waals surface area (Å²) in [4.78, 5) is 11.6. The molecule has 3 nitrogen and oxygen atoms in total. The van der Waals surface area contributed by atoms with Crippen molar-refractivity contribution in [1.82, 2.24) is 0 Å². The minimum Gasteiger partial charge on any atom is -0.330 e. The highest BCUT2D eigenvalue weighted by atomic mass is 16.1. The molecular weight excluding hydrogens is 200 g/mol. The highest BCUT2D eigenvalue weighted by molar-refractivity contribution is 5.91. The highest BCUT2D eigenvalue weighted by Gasteiger charge is 2.06. The average Bonchev–Trinajstić information content (AvgIpc) is 2.29. The third-order valence-electron chi connectivity index (χ3n) is 2.69. The molecule has 0 bridgehead atoms. The van der Waals surface area contributed by atoms with Crippen molar-refractivity contribution < 1.29 is 4.79 Å². The van der Waals surface area contributed by atoms with Gasteiger partial charge in [0.05, 0.1) is 0 Å². The summed E-state index contributed by atoms with van der Waals surface area (Å²) in [6.45, 7) is 4.68. The van der Waals surface area contributed by atoms with Gasteiger partial charge in [0.2, 0.25) is 5.91 Å². The van der Waals surface area contributed by atoms with E-state index in [0.29, 0.717) is 18.9 Å². The zero-order valence-electron chi connectivity index (χ0n) is 9.99. The van der Waals surface area contributed by atoms with Crippen LogP contribution in [0.3, 0.4) is 0 Å². The minimum atomic E-state index is 0.0644. The minimum absolute atomic E-state index is 0.0644. The molecule has 0 aliphatic carbocycles. The van der Waals surface area contributed by atoms with Crippen LogP contribution in [0.2, 0.25) is 0 Å². The van der Waals surface area contributed by atoms with Crippen molar-refractivity contribution in [2.24, 2.45) is 11.7 Å². The van der Waals surface area contributed by atoms with Crippen molar-refractivity contribution in [2.75, 3.05) is 11.9 Å². The Morgan fingerprint density at radius 3 is 2.75 bits per heavy atom. The second-order valence-electron chi connectivity index (χ2n) is 4.24. The number of aryl methyl sites for hydroxylation is 1. The zero-order valence-corrected chi connectivity index (χ0v) is 9.99. The van der Waals surface area contributed by atoms with E-state index in [9.17, 15) is 4.79 Å². The SMILES string of the molecule is Cc1ccccc1NC(=O)CCC(C)CN. The molecule has 1 aromatic carbocycles. The number of anilines is 1. The first-order valence-electron chi connectivity index (χ1n) is 5.69. The summed E-state index contributed by atoms with van der Waals surface area (Å²) >= 11 is 0. The number of nitrogens with one attached hydrogen (secondary N) is 1. The first-order chi connectivity index (χ1) is 7.63. The molecule has 0 radical (unpaired) electrons. The molecule has 1 amide bonds. The Morgan fingerprint density at radius 2 is 2.12 bits per heavy atom. The molecule has 1 unspecified atom stereocenters. The van der Waals surface area contributed by atoms with E-state index in [1.807, 2.05) is 31.2 Å². The van der Waals surface area contributed by atoms with E-state index in [2.05, 4.69) is 12.2 Å². The zero-order chi connectivity index (χ0) is 12.0. The van der Waals surface area contributed by atoms with E-state index in [1.54, 1.807) is 0 Å². The summed E-state index contributed by atoms with van der Waals surface area (Å²) in [5, 5.41) is 2.91. The Morgan fingerprint density at radius 1 is 1.44 bits per heavy atom. The number of hydrogen-bond donors (Lipinski definition) is 2.